The number of aryl methyl sites for hydroxylation is 1. The van der Waals surface area contributed by atoms with Crippen molar-refractivity contribution in [3.8, 4) is 0 Å². The molecule has 0 bridgehead atoms. The third-order valence-electron chi connectivity index (χ3n) is 3.23. The van der Waals surface area contributed by atoms with Crippen molar-refractivity contribution >= 4 is 27.3 Å². The van der Waals surface area contributed by atoms with Crippen LogP contribution in [0.15, 0.2) is 35.5 Å². The largest absolute Gasteiger partial charge is 0.326 e. The number of hydrogen-bond donors (Lipinski definition) is 2. The zero-order valence-corrected chi connectivity index (χ0v) is 13.3. The van der Waals surface area contributed by atoms with E-state index in [1.165, 1.54) is 12.3 Å². The normalized spacial score (nSPS) is 11.4. The van der Waals surface area contributed by atoms with Crippen molar-refractivity contribution in [3.05, 3.63) is 52.3 Å². The van der Waals surface area contributed by atoms with Crippen LogP contribution in [-0.2, 0) is 16.6 Å². The van der Waals surface area contributed by atoms with Crippen LogP contribution in [0.1, 0.15) is 16.7 Å². The van der Waals surface area contributed by atoms with Crippen molar-refractivity contribution in [3.63, 3.8) is 0 Å². The van der Waals surface area contributed by atoms with E-state index >= 15 is 0 Å². The lowest BCUT2D eigenvalue weighted by Crippen LogP contribution is -2.16. The molecule has 7 heteroatoms. The Labute approximate surface area is 129 Å². The van der Waals surface area contributed by atoms with Crippen LogP contribution >= 0.6 is 11.6 Å². The molecule has 0 amide bonds. The zero-order valence-electron chi connectivity index (χ0n) is 11.7. The molecule has 1 aromatic carbocycles. The Bertz CT molecular complexity index is 776. The van der Waals surface area contributed by atoms with E-state index in [0.717, 1.165) is 5.56 Å². The lowest BCUT2D eigenvalue weighted by atomic mass is 10.1. The molecule has 5 nitrogen and oxygen atoms in total. The lowest BCUT2D eigenvalue weighted by Gasteiger charge is -2.14. The third kappa shape index (κ3) is 3.34. The molecule has 0 atom stereocenters. The van der Waals surface area contributed by atoms with E-state index in [0.29, 0.717) is 21.8 Å². The summed E-state index contributed by atoms with van der Waals surface area (Å²) < 4.78 is 27.6. The summed E-state index contributed by atoms with van der Waals surface area (Å²) in [6, 6.07) is 4.82. The molecule has 0 saturated heterocycles. The number of benzene rings is 1. The number of sulfonamides is 1. The molecule has 0 aliphatic carbocycles. The molecule has 0 aliphatic heterocycles. The van der Waals surface area contributed by atoms with Gasteiger partial charge in [-0.2, -0.15) is 0 Å². The van der Waals surface area contributed by atoms with Gasteiger partial charge in [0, 0.05) is 17.8 Å². The Morgan fingerprint density at radius 1 is 1.33 bits per heavy atom. The van der Waals surface area contributed by atoms with Gasteiger partial charge in [0.15, 0.2) is 0 Å². The molecule has 112 valence electrons. The maximum Gasteiger partial charge on any atom is 0.262 e. The number of nitrogens with two attached hydrogens (primary N) is 1. The van der Waals surface area contributed by atoms with E-state index in [-0.39, 0.29) is 11.4 Å². The van der Waals surface area contributed by atoms with Crippen molar-refractivity contribution in [2.75, 3.05) is 4.72 Å². The van der Waals surface area contributed by atoms with Crippen LogP contribution in [-0.4, -0.2) is 13.4 Å². The van der Waals surface area contributed by atoms with Gasteiger partial charge in [0.1, 0.15) is 0 Å². The highest BCUT2D eigenvalue weighted by Gasteiger charge is 2.20. The first kappa shape index (κ1) is 15.8. The smallest absolute Gasteiger partial charge is 0.262 e. The Kier molecular flexibility index (Phi) is 4.51. The van der Waals surface area contributed by atoms with E-state index in [9.17, 15) is 8.42 Å². The molecule has 0 radical (unpaired) electrons. The fourth-order valence-electron chi connectivity index (χ4n) is 1.97. The van der Waals surface area contributed by atoms with E-state index < -0.39 is 10.0 Å². The van der Waals surface area contributed by atoms with Crippen molar-refractivity contribution in [2.24, 2.45) is 5.73 Å². The maximum atomic E-state index is 12.6. The summed E-state index contributed by atoms with van der Waals surface area (Å²) in [5.41, 5.74) is 8.14. The predicted octanol–water partition coefficient (Wildman–Crippen LogP) is 2.61. The molecule has 0 saturated carbocycles. The zero-order chi connectivity index (χ0) is 15.6. The van der Waals surface area contributed by atoms with Crippen molar-refractivity contribution < 1.29 is 8.42 Å². The summed E-state index contributed by atoms with van der Waals surface area (Å²) >= 11 is 5.98. The predicted molar refractivity (Wildman–Crippen MR) is 83.9 cm³/mol. The number of hydrogen-bond acceptors (Lipinski definition) is 4. The van der Waals surface area contributed by atoms with Gasteiger partial charge in [0.25, 0.3) is 10.0 Å². The van der Waals surface area contributed by atoms with Crippen molar-refractivity contribution in [2.45, 2.75) is 25.3 Å². The minimum Gasteiger partial charge on any atom is -0.326 e. The average molecular weight is 326 g/mol. The highest BCUT2D eigenvalue weighted by atomic mass is 35.5. The third-order valence-corrected chi connectivity index (χ3v) is 4.94. The second kappa shape index (κ2) is 6.01. The van der Waals surface area contributed by atoms with Gasteiger partial charge < -0.3 is 5.73 Å². The Balaban J connectivity index is 2.50. The van der Waals surface area contributed by atoms with Crippen molar-refractivity contribution in [1.29, 1.82) is 0 Å². The van der Waals surface area contributed by atoms with Crippen LogP contribution in [0.4, 0.5) is 5.69 Å². The van der Waals surface area contributed by atoms with Crippen molar-refractivity contribution in [1.82, 2.24) is 4.98 Å². The topological polar surface area (TPSA) is 85.1 Å². The molecular weight excluding hydrogens is 310 g/mol. The van der Waals surface area contributed by atoms with Gasteiger partial charge in [-0.1, -0.05) is 11.6 Å². The van der Waals surface area contributed by atoms with Crippen LogP contribution in [0.3, 0.4) is 0 Å². The molecule has 0 aliphatic rings. The number of pyridine rings is 1. The van der Waals surface area contributed by atoms with Crippen LogP contribution in [0, 0.1) is 13.8 Å². The second-order valence-corrected chi connectivity index (χ2v) is 6.78. The van der Waals surface area contributed by atoms with E-state index in [2.05, 4.69) is 9.71 Å². The molecule has 0 unspecified atom stereocenters. The molecule has 3 N–H and O–H groups in total. The Morgan fingerprint density at radius 2 is 2.05 bits per heavy atom. The molecule has 1 heterocycles. The number of nitrogens with zero attached hydrogens (tertiary/aromatic N) is 1. The summed E-state index contributed by atoms with van der Waals surface area (Å²) in [6.45, 7) is 3.74. The summed E-state index contributed by atoms with van der Waals surface area (Å²) in [7, 11) is -3.75. The molecule has 21 heavy (non-hydrogen) atoms. The minimum atomic E-state index is -3.75. The van der Waals surface area contributed by atoms with Crippen LogP contribution in [0.2, 0.25) is 5.02 Å². The monoisotopic (exact) mass is 325 g/mol. The van der Waals surface area contributed by atoms with Crippen LogP contribution in [0.5, 0.6) is 0 Å². The van der Waals surface area contributed by atoms with Gasteiger partial charge >= 0.3 is 0 Å². The highest BCUT2D eigenvalue weighted by molar-refractivity contribution is 7.92. The summed E-state index contributed by atoms with van der Waals surface area (Å²) in [6.07, 6.45) is 3.07. The van der Waals surface area contributed by atoms with E-state index in [4.69, 9.17) is 17.3 Å². The van der Waals surface area contributed by atoms with Gasteiger partial charge in [0.05, 0.1) is 16.8 Å². The standard InChI is InChI=1S/C14H16ClN3O2S/c1-9-3-4-17-8-13(9)18-21(19,20)14-6-12(15)5-11(7-16)10(14)2/h3-6,8,18H,7,16H2,1-2H3. The molecule has 2 aromatic rings. The van der Waals surface area contributed by atoms with Gasteiger partial charge in [-0.25, -0.2) is 8.42 Å². The number of halogens is 1. The highest BCUT2D eigenvalue weighted by Crippen LogP contribution is 2.26. The fraction of sp³-hybridized carbons (Fsp3) is 0.214. The Hall–Kier alpha value is -1.63. The van der Waals surface area contributed by atoms with Gasteiger partial charge in [0.2, 0.25) is 0 Å². The van der Waals surface area contributed by atoms with Gasteiger partial charge in [-0.15, -0.1) is 0 Å². The lowest BCUT2D eigenvalue weighted by molar-refractivity contribution is 0.600. The fourth-order valence-corrected chi connectivity index (χ4v) is 3.70. The number of nitrogens with one attached hydrogen (secondary N) is 1. The molecular formula is C14H16ClN3O2S. The van der Waals surface area contributed by atoms with Gasteiger partial charge in [-0.3, -0.25) is 9.71 Å². The number of anilines is 1. The summed E-state index contributed by atoms with van der Waals surface area (Å²) in [5, 5.41) is 0.337. The summed E-state index contributed by atoms with van der Waals surface area (Å²) in [5.74, 6) is 0. The van der Waals surface area contributed by atoms with Crippen LogP contribution < -0.4 is 10.5 Å². The minimum absolute atomic E-state index is 0.124. The van der Waals surface area contributed by atoms with E-state index in [1.54, 1.807) is 32.2 Å². The maximum absolute atomic E-state index is 12.6. The molecule has 0 spiro atoms. The first-order valence-electron chi connectivity index (χ1n) is 6.27. The number of rotatable bonds is 4. The second-order valence-electron chi connectivity index (χ2n) is 4.69. The first-order valence-corrected chi connectivity index (χ1v) is 8.14. The quantitative estimate of drug-likeness (QED) is 0.904. The Morgan fingerprint density at radius 3 is 2.67 bits per heavy atom. The molecule has 2 rings (SSSR count). The van der Waals surface area contributed by atoms with Gasteiger partial charge in [-0.05, 0) is 48.7 Å². The van der Waals surface area contributed by atoms with Crippen LogP contribution in [0.25, 0.3) is 0 Å². The van der Waals surface area contributed by atoms with E-state index in [1.807, 2.05) is 0 Å². The SMILES string of the molecule is Cc1ccncc1NS(=O)(=O)c1cc(Cl)cc(CN)c1C. The first-order chi connectivity index (χ1) is 9.85. The summed E-state index contributed by atoms with van der Waals surface area (Å²) in [4.78, 5) is 4.05. The molecule has 1 aromatic heterocycles. The number of aromatic nitrogens is 1. The average Bonchev–Trinajstić information content (AvgIpc) is 2.43. The molecule has 0 fully saturated rings.